The molecule has 18 heavy (non-hydrogen) atoms. The molecule has 0 radical (unpaired) electrons. The van der Waals surface area contributed by atoms with Crippen molar-refractivity contribution in [1.29, 1.82) is 0 Å². The maximum atomic E-state index is 11.3. The minimum atomic E-state index is -3.57. The predicted molar refractivity (Wildman–Crippen MR) is 73.7 cm³/mol. The summed E-state index contributed by atoms with van der Waals surface area (Å²) in [5.41, 5.74) is 1.17. The Morgan fingerprint density at radius 1 is 1.33 bits per heavy atom. The molecule has 2 rings (SSSR count). The van der Waals surface area contributed by atoms with E-state index >= 15 is 0 Å². The molecule has 0 atom stereocenters. The number of hydrogen-bond donors (Lipinski definition) is 0. The van der Waals surface area contributed by atoms with Gasteiger partial charge in [0.2, 0.25) is 0 Å². The van der Waals surface area contributed by atoms with Gasteiger partial charge in [0.1, 0.15) is 11.4 Å². The fourth-order valence-corrected chi connectivity index (χ4v) is 2.30. The van der Waals surface area contributed by atoms with Crippen LogP contribution in [0.25, 0.3) is 5.69 Å². The second-order valence-corrected chi connectivity index (χ2v) is 6.48. The lowest BCUT2D eigenvalue weighted by atomic mass is 10.3. The standard InChI is InChI=1S/C10H10IN3O3S/c1-17-18(15,16)7-9-6-14(13-12-9)10-4-2-8(11)3-5-10/h2-6H,7H2,1H3. The summed E-state index contributed by atoms with van der Waals surface area (Å²) in [4.78, 5) is 0. The van der Waals surface area contributed by atoms with Crippen LogP contribution < -0.4 is 0 Å². The van der Waals surface area contributed by atoms with Crippen LogP contribution in [0.1, 0.15) is 5.69 Å². The lowest BCUT2D eigenvalue weighted by molar-refractivity contribution is 0.396. The van der Waals surface area contributed by atoms with Gasteiger partial charge in [-0.25, -0.2) is 4.68 Å². The van der Waals surface area contributed by atoms with Crippen molar-refractivity contribution in [3.63, 3.8) is 0 Å². The van der Waals surface area contributed by atoms with Crippen LogP contribution in [-0.4, -0.2) is 30.5 Å². The summed E-state index contributed by atoms with van der Waals surface area (Å²) in [5, 5.41) is 7.68. The van der Waals surface area contributed by atoms with Crippen LogP contribution in [0.5, 0.6) is 0 Å². The highest BCUT2D eigenvalue weighted by atomic mass is 127. The van der Waals surface area contributed by atoms with Crippen molar-refractivity contribution in [2.45, 2.75) is 5.75 Å². The second-order valence-electron chi connectivity index (χ2n) is 3.50. The van der Waals surface area contributed by atoms with Crippen LogP contribution >= 0.6 is 22.6 Å². The first kappa shape index (κ1) is 13.4. The molecule has 8 heteroatoms. The fraction of sp³-hybridized carbons (Fsp3) is 0.200. The third-order valence-electron chi connectivity index (χ3n) is 2.21. The van der Waals surface area contributed by atoms with Gasteiger partial charge in [0, 0.05) is 3.57 Å². The number of rotatable bonds is 4. The Kier molecular flexibility index (Phi) is 3.97. The van der Waals surface area contributed by atoms with Crippen molar-refractivity contribution in [2.24, 2.45) is 0 Å². The summed E-state index contributed by atoms with van der Waals surface area (Å²) in [5.74, 6) is -0.284. The SMILES string of the molecule is COS(=O)(=O)Cc1cn(-c2ccc(I)cc2)nn1. The molecule has 0 fully saturated rings. The molecule has 0 bridgehead atoms. The van der Waals surface area contributed by atoms with Gasteiger partial charge in [-0.1, -0.05) is 5.21 Å². The van der Waals surface area contributed by atoms with Gasteiger partial charge in [-0.3, -0.25) is 4.18 Å². The molecule has 0 amide bonds. The average molecular weight is 379 g/mol. The molecule has 0 saturated heterocycles. The predicted octanol–water partition coefficient (Wildman–Crippen LogP) is 1.35. The Hall–Kier alpha value is -1.00. The minimum absolute atomic E-state index is 0.284. The molecule has 0 aliphatic rings. The van der Waals surface area contributed by atoms with Crippen LogP contribution in [0.4, 0.5) is 0 Å². The molecule has 1 aromatic carbocycles. The zero-order valence-corrected chi connectivity index (χ0v) is 12.4. The summed E-state index contributed by atoms with van der Waals surface area (Å²) in [6.07, 6.45) is 1.57. The molecule has 0 aliphatic carbocycles. The Morgan fingerprint density at radius 3 is 2.61 bits per heavy atom. The maximum Gasteiger partial charge on any atom is 0.272 e. The average Bonchev–Trinajstić information content (AvgIpc) is 2.78. The van der Waals surface area contributed by atoms with Gasteiger partial charge < -0.3 is 0 Å². The van der Waals surface area contributed by atoms with Gasteiger partial charge in [-0.15, -0.1) is 5.10 Å². The molecule has 0 spiro atoms. The van der Waals surface area contributed by atoms with Gasteiger partial charge in [-0.05, 0) is 46.9 Å². The van der Waals surface area contributed by atoms with E-state index in [4.69, 9.17) is 0 Å². The summed E-state index contributed by atoms with van der Waals surface area (Å²) in [6.45, 7) is 0. The smallest absolute Gasteiger partial charge is 0.272 e. The molecule has 0 aliphatic heterocycles. The van der Waals surface area contributed by atoms with Crippen molar-refractivity contribution in [3.8, 4) is 5.69 Å². The highest BCUT2D eigenvalue weighted by Gasteiger charge is 2.13. The molecule has 0 saturated carbocycles. The van der Waals surface area contributed by atoms with Gasteiger partial charge >= 0.3 is 0 Å². The largest absolute Gasteiger partial charge is 0.273 e. The first-order valence-electron chi connectivity index (χ1n) is 4.95. The first-order valence-corrected chi connectivity index (χ1v) is 7.61. The quantitative estimate of drug-likeness (QED) is 0.592. The summed E-state index contributed by atoms with van der Waals surface area (Å²) >= 11 is 2.20. The molecule has 1 aromatic heterocycles. The summed E-state index contributed by atoms with van der Waals surface area (Å²) in [7, 11) is -2.44. The number of hydrogen-bond acceptors (Lipinski definition) is 5. The van der Waals surface area contributed by atoms with Crippen LogP contribution in [0.3, 0.4) is 0 Å². The number of aromatic nitrogens is 3. The van der Waals surface area contributed by atoms with Crippen molar-refractivity contribution >= 4 is 32.7 Å². The van der Waals surface area contributed by atoms with E-state index in [1.165, 1.54) is 4.68 Å². The molecule has 0 N–H and O–H groups in total. The molecular weight excluding hydrogens is 369 g/mol. The van der Waals surface area contributed by atoms with E-state index in [0.29, 0.717) is 5.69 Å². The lowest BCUT2D eigenvalue weighted by Crippen LogP contribution is -2.05. The monoisotopic (exact) mass is 379 g/mol. The molecule has 1 heterocycles. The molecule has 0 unspecified atom stereocenters. The highest BCUT2D eigenvalue weighted by molar-refractivity contribution is 14.1. The number of halogens is 1. The van der Waals surface area contributed by atoms with Crippen molar-refractivity contribution in [3.05, 3.63) is 39.7 Å². The Bertz CT molecular complexity index is 637. The third-order valence-corrected chi connectivity index (χ3v) is 4.09. The van der Waals surface area contributed by atoms with E-state index in [-0.39, 0.29) is 5.75 Å². The fourth-order valence-electron chi connectivity index (χ4n) is 1.32. The van der Waals surface area contributed by atoms with Crippen molar-refractivity contribution < 1.29 is 12.6 Å². The summed E-state index contributed by atoms with van der Waals surface area (Å²) < 4.78 is 29.5. The van der Waals surface area contributed by atoms with Gasteiger partial charge in [0.05, 0.1) is 19.0 Å². The second kappa shape index (κ2) is 5.33. The highest BCUT2D eigenvalue weighted by Crippen LogP contribution is 2.11. The molecular formula is C10H10IN3O3S. The molecule has 2 aromatic rings. The molecule has 6 nitrogen and oxygen atoms in total. The van der Waals surface area contributed by atoms with E-state index in [1.54, 1.807) is 6.20 Å². The lowest BCUT2D eigenvalue weighted by Gasteiger charge is -1.99. The van der Waals surface area contributed by atoms with E-state index in [9.17, 15) is 8.42 Å². The van der Waals surface area contributed by atoms with Crippen LogP contribution in [0.15, 0.2) is 30.5 Å². The molecule has 96 valence electrons. The number of benzene rings is 1. The number of nitrogens with zero attached hydrogens (tertiary/aromatic N) is 3. The minimum Gasteiger partial charge on any atom is -0.273 e. The van der Waals surface area contributed by atoms with Crippen LogP contribution in [-0.2, 0) is 20.1 Å². The zero-order valence-electron chi connectivity index (χ0n) is 9.45. The van der Waals surface area contributed by atoms with Gasteiger partial charge in [0.25, 0.3) is 10.1 Å². The van der Waals surface area contributed by atoms with Gasteiger partial charge in [-0.2, -0.15) is 8.42 Å². The van der Waals surface area contributed by atoms with Crippen molar-refractivity contribution in [2.75, 3.05) is 7.11 Å². The topological polar surface area (TPSA) is 74.1 Å². The van der Waals surface area contributed by atoms with Crippen LogP contribution in [0.2, 0.25) is 0 Å². The van der Waals surface area contributed by atoms with E-state index < -0.39 is 10.1 Å². The Balaban J connectivity index is 2.23. The van der Waals surface area contributed by atoms with Crippen molar-refractivity contribution in [1.82, 2.24) is 15.0 Å². The maximum absolute atomic E-state index is 11.3. The zero-order chi connectivity index (χ0) is 13.2. The summed E-state index contributed by atoms with van der Waals surface area (Å²) in [6, 6.07) is 7.63. The normalized spacial score (nSPS) is 11.7. The van der Waals surface area contributed by atoms with E-state index in [1.807, 2.05) is 24.3 Å². The van der Waals surface area contributed by atoms with Gasteiger partial charge in [0.15, 0.2) is 0 Å². The first-order chi connectivity index (χ1) is 8.50. The van der Waals surface area contributed by atoms with Crippen LogP contribution in [0, 0.1) is 3.57 Å². The Labute approximate surface area is 118 Å². The Morgan fingerprint density at radius 2 is 2.00 bits per heavy atom. The van der Waals surface area contributed by atoms with E-state index in [0.717, 1.165) is 16.4 Å². The third kappa shape index (κ3) is 3.27. The van der Waals surface area contributed by atoms with E-state index in [2.05, 4.69) is 37.1 Å².